The maximum absolute atomic E-state index is 13.1. The average Bonchev–Trinajstić information content (AvgIpc) is 2.86. The molecule has 2 rings (SSSR count). The Morgan fingerprint density at radius 3 is 2.74 bits per heavy atom. The fourth-order valence-electron chi connectivity index (χ4n) is 2.18. The van der Waals surface area contributed by atoms with Gasteiger partial charge < -0.3 is 5.32 Å². The molecular weight excluding hydrogens is 281 g/mol. The van der Waals surface area contributed by atoms with Crippen molar-refractivity contribution in [3.05, 3.63) is 56.5 Å². The highest BCUT2D eigenvalue weighted by Gasteiger charge is 2.16. The molecule has 1 nitrogen and oxygen atoms in total. The molecule has 0 saturated heterocycles. The first-order chi connectivity index (χ1) is 9.15. The van der Waals surface area contributed by atoms with Crippen LogP contribution in [-0.4, -0.2) is 7.05 Å². The summed E-state index contributed by atoms with van der Waals surface area (Å²) < 4.78 is 13.1. The average molecular weight is 298 g/mol. The maximum Gasteiger partial charge on any atom is 0.124 e. The normalized spacial score (nSPS) is 12.6. The fourth-order valence-corrected chi connectivity index (χ4v) is 3.53. The zero-order chi connectivity index (χ0) is 13.8. The van der Waals surface area contributed by atoms with Crippen LogP contribution in [0.2, 0.25) is 5.02 Å². The van der Waals surface area contributed by atoms with Crippen LogP contribution in [0.5, 0.6) is 0 Å². The van der Waals surface area contributed by atoms with E-state index in [2.05, 4.69) is 23.7 Å². The van der Waals surface area contributed by atoms with Crippen LogP contribution in [0.4, 0.5) is 4.39 Å². The lowest BCUT2D eigenvalue weighted by Crippen LogP contribution is -2.19. The zero-order valence-electron chi connectivity index (χ0n) is 11.0. The number of hydrogen-bond acceptors (Lipinski definition) is 2. The Morgan fingerprint density at radius 1 is 1.32 bits per heavy atom. The summed E-state index contributed by atoms with van der Waals surface area (Å²) in [5.41, 5.74) is 2.33. The van der Waals surface area contributed by atoms with Crippen LogP contribution >= 0.6 is 22.9 Å². The van der Waals surface area contributed by atoms with Gasteiger partial charge in [0.2, 0.25) is 0 Å². The molecule has 0 spiro atoms. The van der Waals surface area contributed by atoms with E-state index in [1.807, 2.05) is 7.05 Å². The highest BCUT2D eigenvalue weighted by atomic mass is 35.5. The van der Waals surface area contributed by atoms with E-state index in [0.29, 0.717) is 5.02 Å². The molecule has 0 aliphatic carbocycles. The van der Waals surface area contributed by atoms with E-state index in [1.54, 1.807) is 17.4 Å². The predicted octanol–water partition coefficient (Wildman–Crippen LogP) is 4.61. The summed E-state index contributed by atoms with van der Waals surface area (Å²) in [6, 6.07) is 6.98. The Labute approximate surface area is 122 Å². The number of aryl methyl sites for hydroxylation is 1. The first-order valence-corrected chi connectivity index (χ1v) is 7.59. The van der Waals surface area contributed by atoms with Gasteiger partial charge in [-0.2, -0.15) is 0 Å². The molecule has 0 saturated carbocycles. The Kier molecular flexibility index (Phi) is 4.97. The van der Waals surface area contributed by atoms with Crippen LogP contribution in [0.1, 0.15) is 29.0 Å². The van der Waals surface area contributed by atoms with E-state index < -0.39 is 0 Å². The zero-order valence-corrected chi connectivity index (χ0v) is 12.6. The molecular formula is C15H17ClFNS. The minimum atomic E-state index is -0.292. The van der Waals surface area contributed by atoms with Gasteiger partial charge in [-0.15, -0.1) is 11.3 Å². The second-order valence-electron chi connectivity index (χ2n) is 4.44. The summed E-state index contributed by atoms with van der Waals surface area (Å²) in [5.74, 6) is -0.292. The van der Waals surface area contributed by atoms with Crippen LogP contribution in [0.3, 0.4) is 0 Å². The number of hydrogen-bond donors (Lipinski definition) is 1. The van der Waals surface area contributed by atoms with E-state index in [-0.39, 0.29) is 11.9 Å². The van der Waals surface area contributed by atoms with Gasteiger partial charge in [0.1, 0.15) is 5.82 Å². The van der Waals surface area contributed by atoms with Gasteiger partial charge in [0, 0.05) is 15.9 Å². The third kappa shape index (κ3) is 3.35. The molecule has 1 aromatic heterocycles. The Morgan fingerprint density at radius 2 is 2.11 bits per heavy atom. The van der Waals surface area contributed by atoms with Gasteiger partial charge in [0.15, 0.2) is 0 Å². The SMILES string of the molecule is CCc1ccsc1C(Cc1ccc(F)cc1Cl)NC. The minimum absolute atomic E-state index is 0.220. The predicted molar refractivity (Wildman–Crippen MR) is 80.6 cm³/mol. The summed E-state index contributed by atoms with van der Waals surface area (Å²) >= 11 is 7.86. The van der Waals surface area contributed by atoms with Crippen LogP contribution in [0.25, 0.3) is 0 Å². The standard InChI is InChI=1S/C15H17ClFNS/c1-3-10-6-7-19-15(10)14(18-2)8-11-4-5-12(17)9-13(11)16/h4-7,9,14,18H,3,8H2,1-2H3. The maximum atomic E-state index is 13.1. The monoisotopic (exact) mass is 297 g/mol. The van der Waals surface area contributed by atoms with E-state index in [0.717, 1.165) is 18.4 Å². The molecule has 1 atom stereocenters. The summed E-state index contributed by atoms with van der Waals surface area (Å²) in [7, 11) is 1.95. The van der Waals surface area contributed by atoms with Crippen molar-refractivity contribution in [1.82, 2.24) is 5.32 Å². The summed E-state index contributed by atoms with van der Waals surface area (Å²) in [6.45, 7) is 2.16. The lowest BCUT2D eigenvalue weighted by atomic mass is 10.0. The lowest BCUT2D eigenvalue weighted by molar-refractivity contribution is 0.594. The summed E-state index contributed by atoms with van der Waals surface area (Å²) in [5, 5.41) is 5.94. The molecule has 1 N–H and O–H groups in total. The van der Waals surface area contributed by atoms with E-state index in [9.17, 15) is 4.39 Å². The number of likely N-dealkylation sites (N-methyl/N-ethyl adjacent to an activating group) is 1. The molecule has 0 aliphatic rings. The molecule has 1 heterocycles. The van der Waals surface area contributed by atoms with E-state index in [1.165, 1.54) is 22.6 Å². The molecule has 0 bridgehead atoms. The van der Waals surface area contributed by atoms with Crippen LogP contribution in [0, 0.1) is 5.82 Å². The topological polar surface area (TPSA) is 12.0 Å². The number of rotatable bonds is 5. The van der Waals surface area contributed by atoms with Crippen molar-refractivity contribution in [2.75, 3.05) is 7.05 Å². The van der Waals surface area contributed by atoms with Crippen LogP contribution in [0.15, 0.2) is 29.6 Å². The largest absolute Gasteiger partial charge is 0.312 e. The number of benzene rings is 1. The second kappa shape index (κ2) is 6.51. The molecule has 102 valence electrons. The number of halogens is 2. The summed E-state index contributed by atoms with van der Waals surface area (Å²) in [4.78, 5) is 1.34. The van der Waals surface area contributed by atoms with Crippen molar-refractivity contribution in [2.24, 2.45) is 0 Å². The van der Waals surface area contributed by atoms with Crippen molar-refractivity contribution in [1.29, 1.82) is 0 Å². The van der Waals surface area contributed by atoms with Crippen LogP contribution in [-0.2, 0) is 12.8 Å². The van der Waals surface area contributed by atoms with Crippen molar-refractivity contribution < 1.29 is 4.39 Å². The second-order valence-corrected chi connectivity index (χ2v) is 5.80. The van der Waals surface area contributed by atoms with E-state index in [4.69, 9.17) is 11.6 Å². The summed E-state index contributed by atoms with van der Waals surface area (Å²) in [6.07, 6.45) is 1.79. The molecule has 0 amide bonds. The molecule has 1 aromatic carbocycles. The highest BCUT2D eigenvalue weighted by Crippen LogP contribution is 2.29. The van der Waals surface area contributed by atoms with Gasteiger partial charge in [-0.1, -0.05) is 24.6 Å². The Bertz CT molecular complexity index is 553. The van der Waals surface area contributed by atoms with E-state index >= 15 is 0 Å². The third-order valence-corrected chi connectivity index (χ3v) is 4.69. The van der Waals surface area contributed by atoms with Crippen molar-refractivity contribution in [3.63, 3.8) is 0 Å². The smallest absolute Gasteiger partial charge is 0.124 e. The fraction of sp³-hybridized carbons (Fsp3) is 0.333. The molecule has 2 aromatic rings. The van der Waals surface area contributed by atoms with Crippen LogP contribution < -0.4 is 5.32 Å². The van der Waals surface area contributed by atoms with Crippen molar-refractivity contribution in [2.45, 2.75) is 25.8 Å². The Balaban J connectivity index is 2.24. The molecule has 0 aliphatic heterocycles. The quantitative estimate of drug-likeness (QED) is 0.850. The van der Waals surface area contributed by atoms with Gasteiger partial charge in [-0.05, 0) is 54.6 Å². The molecule has 1 unspecified atom stereocenters. The minimum Gasteiger partial charge on any atom is -0.312 e. The molecule has 0 radical (unpaired) electrons. The molecule has 19 heavy (non-hydrogen) atoms. The third-order valence-electron chi connectivity index (χ3n) is 3.27. The Hall–Kier alpha value is -0.900. The van der Waals surface area contributed by atoms with Gasteiger partial charge in [0.05, 0.1) is 0 Å². The number of thiophene rings is 1. The lowest BCUT2D eigenvalue weighted by Gasteiger charge is -2.17. The molecule has 0 fully saturated rings. The first-order valence-electron chi connectivity index (χ1n) is 6.33. The van der Waals surface area contributed by atoms with Gasteiger partial charge >= 0.3 is 0 Å². The van der Waals surface area contributed by atoms with Gasteiger partial charge in [0.25, 0.3) is 0 Å². The van der Waals surface area contributed by atoms with Gasteiger partial charge in [-0.3, -0.25) is 0 Å². The highest BCUT2D eigenvalue weighted by molar-refractivity contribution is 7.10. The first kappa shape index (κ1) is 14.5. The van der Waals surface area contributed by atoms with Crippen molar-refractivity contribution in [3.8, 4) is 0 Å². The molecule has 4 heteroatoms. The van der Waals surface area contributed by atoms with Gasteiger partial charge in [-0.25, -0.2) is 4.39 Å². The van der Waals surface area contributed by atoms with Crippen molar-refractivity contribution >= 4 is 22.9 Å². The number of nitrogens with one attached hydrogen (secondary N) is 1.